The zero-order chi connectivity index (χ0) is 14.1. The quantitative estimate of drug-likeness (QED) is 0.826. The molecule has 0 spiro atoms. The first-order chi connectivity index (χ1) is 9.72. The Kier molecular flexibility index (Phi) is 3.19. The molecule has 2 aromatic carbocycles. The van der Waals surface area contributed by atoms with Crippen molar-refractivity contribution in [2.75, 3.05) is 0 Å². The molecular weight excluding hydrogens is 242 g/mol. The molecule has 0 amide bonds. The molecule has 0 atom stereocenters. The van der Waals surface area contributed by atoms with Crippen LogP contribution in [0.3, 0.4) is 0 Å². The molecule has 0 unspecified atom stereocenters. The van der Waals surface area contributed by atoms with E-state index in [4.69, 9.17) is 5.73 Å². The van der Waals surface area contributed by atoms with E-state index in [2.05, 4.69) is 56.0 Å². The van der Waals surface area contributed by atoms with Crippen LogP contribution in [0.2, 0.25) is 0 Å². The number of nitrogens with two attached hydrogens (primary N) is 1. The molecule has 1 aliphatic rings. The number of hydrogen-bond acceptors (Lipinski definition) is 1. The largest absolute Gasteiger partial charge is 0.401 e. The van der Waals surface area contributed by atoms with Gasteiger partial charge in [0.15, 0.2) is 0 Å². The molecule has 0 fully saturated rings. The Hall–Kier alpha value is -2.28. The highest BCUT2D eigenvalue weighted by molar-refractivity contribution is 5.95. The molecule has 2 aromatic rings. The molecule has 3 rings (SSSR count). The lowest BCUT2D eigenvalue weighted by Gasteiger charge is -2.10. The van der Waals surface area contributed by atoms with Gasteiger partial charge in [-0.05, 0) is 40.5 Å². The normalized spacial score (nSPS) is 15.2. The second kappa shape index (κ2) is 5.01. The van der Waals surface area contributed by atoms with E-state index >= 15 is 0 Å². The first-order valence-corrected chi connectivity index (χ1v) is 7.01. The van der Waals surface area contributed by atoms with Crippen molar-refractivity contribution in [2.24, 2.45) is 5.73 Å². The maximum Gasteiger partial charge on any atom is 0.0199 e. The van der Waals surface area contributed by atoms with Gasteiger partial charge in [-0.2, -0.15) is 0 Å². The third-order valence-corrected chi connectivity index (χ3v) is 3.94. The molecule has 100 valence electrons. The minimum absolute atomic E-state index is 0.720. The van der Waals surface area contributed by atoms with Crippen molar-refractivity contribution in [2.45, 2.75) is 19.8 Å². The Labute approximate surface area is 119 Å². The highest BCUT2D eigenvalue weighted by Crippen LogP contribution is 2.22. The number of allylic oxidation sites excluding steroid dienone is 2. The summed E-state index contributed by atoms with van der Waals surface area (Å²) in [5.74, 6) is 0. The third-order valence-electron chi connectivity index (χ3n) is 3.94. The van der Waals surface area contributed by atoms with Crippen LogP contribution in [0.4, 0.5) is 0 Å². The molecular formula is C19H19N. The molecule has 2 N–H and O–H groups in total. The van der Waals surface area contributed by atoms with Crippen molar-refractivity contribution < 1.29 is 0 Å². The van der Waals surface area contributed by atoms with Crippen LogP contribution in [0, 0.1) is 0 Å². The fourth-order valence-electron chi connectivity index (χ4n) is 2.98. The summed E-state index contributed by atoms with van der Waals surface area (Å²) in [6, 6.07) is 10.8. The number of hydrogen-bond donors (Lipinski definition) is 1. The summed E-state index contributed by atoms with van der Waals surface area (Å²) in [6.07, 6.45) is 8.12. The van der Waals surface area contributed by atoms with E-state index in [1.165, 1.54) is 27.1 Å². The molecule has 1 aliphatic carbocycles. The van der Waals surface area contributed by atoms with Gasteiger partial charge >= 0.3 is 0 Å². The van der Waals surface area contributed by atoms with E-state index in [1.807, 2.05) is 6.08 Å². The highest BCUT2D eigenvalue weighted by Gasteiger charge is 2.10. The smallest absolute Gasteiger partial charge is 0.0199 e. The van der Waals surface area contributed by atoms with E-state index in [0.717, 1.165) is 23.8 Å². The maximum atomic E-state index is 6.27. The molecule has 0 bridgehead atoms. The average molecular weight is 261 g/mol. The predicted octanol–water partition coefficient (Wildman–Crippen LogP) is 3.07. The summed E-state index contributed by atoms with van der Waals surface area (Å²) in [7, 11) is 0. The second-order valence-electron chi connectivity index (χ2n) is 5.28. The molecule has 0 radical (unpaired) electrons. The van der Waals surface area contributed by atoms with Crippen molar-refractivity contribution >= 4 is 28.1 Å². The Morgan fingerprint density at radius 3 is 2.90 bits per heavy atom. The van der Waals surface area contributed by atoms with Gasteiger partial charge in [0.2, 0.25) is 0 Å². The summed E-state index contributed by atoms with van der Waals surface area (Å²) < 4.78 is 0. The first-order valence-electron chi connectivity index (χ1n) is 7.01. The summed E-state index contributed by atoms with van der Waals surface area (Å²) in [5, 5.41) is 5.05. The summed E-state index contributed by atoms with van der Waals surface area (Å²) in [6.45, 7) is 5.97. The standard InChI is InChI=1S/C19H19N/c1-3-6-17(20)16-12-11-15-10-5-9-14-8-4-7-13(2)18(16)19(14)15/h3,5,7-12H,1,4,6,20H2,2H3/b17-16+. The monoisotopic (exact) mass is 261 g/mol. The van der Waals surface area contributed by atoms with E-state index in [1.54, 1.807) is 0 Å². The van der Waals surface area contributed by atoms with E-state index in [-0.39, 0.29) is 0 Å². The molecule has 0 saturated heterocycles. The molecule has 20 heavy (non-hydrogen) atoms. The SMILES string of the molecule is C=CC/C(N)=c1/ccc2cccc3c2c1C(C)=CCC=3. The summed E-state index contributed by atoms with van der Waals surface area (Å²) in [5.41, 5.74) is 9.75. The van der Waals surface area contributed by atoms with Gasteiger partial charge in [-0.3, -0.25) is 0 Å². The topological polar surface area (TPSA) is 26.0 Å². The van der Waals surface area contributed by atoms with Crippen LogP contribution in [0.1, 0.15) is 25.3 Å². The van der Waals surface area contributed by atoms with Gasteiger partial charge < -0.3 is 5.73 Å². The minimum Gasteiger partial charge on any atom is -0.401 e. The third kappa shape index (κ3) is 1.96. The molecule has 0 aromatic heterocycles. The van der Waals surface area contributed by atoms with Crippen molar-refractivity contribution in [1.82, 2.24) is 0 Å². The zero-order valence-corrected chi connectivity index (χ0v) is 11.8. The van der Waals surface area contributed by atoms with E-state index in [0.29, 0.717) is 0 Å². The van der Waals surface area contributed by atoms with E-state index < -0.39 is 0 Å². The zero-order valence-electron chi connectivity index (χ0n) is 11.8. The van der Waals surface area contributed by atoms with Gasteiger partial charge in [-0.25, -0.2) is 0 Å². The Morgan fingerprint density at radius 2 is 2.10 bits per heavy atom. The van der Waals surface area contributed by atoms with Gasteiger partial charge in [0.05, 0.1) is 0 Å². The van der Waals surface area contributed by atoms with Crippen LogP contribution in [-0.4, -0.2) is 0 Å². The highest BCUT2D eigenvalue weighted by atomic mass is 14.6. The molecule has 1 nitrogen and oxygen atoms in total. The van der Waals surface area contributed by atoms with Gasteiger partial charge in [0, 0.05) is 17.3 Å². The molecule has 0 saturated carbocycles. The Bertz CT molecular complexity index is 838. The van der Waals surface area contributed by atoms with Crippen LogP contribution in [0.25, 0.3) is 28.1 Å². The van der Waals surface area contributed by atoms with Gasteiger partial charge in [0.25, 0.3) is 0 Å². The van der Waals surface area contributed by atoms with Gasteiger partial charge in [-0.15, -0.1) is 6.58 Å². The van der Waals surface area contributed by atoms with Crippen LogP contribution in [0.5, 0.6) is 0 Å². The minimum atomic E-state index is 0.720. The fourth-order valence-corrected chi connectivity index (χ4v) is 2.98. The lowest BCUT2D eigenvalue weighted by atomic mass is 9.95. The number of rotatable bonds is 2. The van der Waals surface area contributed by atoms with E-state index in [9.17, 15) is 0 Å². The fraction of sp³-hybridized carbons (Fsp3) is 0.158. The summed E-state index contributed by atoms with van der Waals surface area (Å²) in [4.78, 5) is 0. The lowest BCUT2D eigenvalue weighted by Crippen LogP contribution is -2.19. The van der Waals surface area contributed by atoms with Gasteiger partial charge in [0.1, 0.15) is 0 Å². The molecule has 0 heterocycles. The maximum absolute atomic E-state index is 6.27. The lowest BCUT2D eigenvalue weighted by molar-refractivity contribution is 1.30. The molecule has 0 aliphatic heterocycles. The van der Waals surface area contributed by atoms with Gasteiger partial charge in [-0.1, -0.05) is 48.6 Å². The van der Waals surface area contributed by atoms with Crippen molar-refractivity contribution in [3.8, 4) is 0 Å². The molecule has 1 heteroatoms. The predicted molar refractivity (Wildman–Crippen MR) is 88.3 cm³/mol. The van der Waals surface area contributed by atoms with Crippen molar-refractivity contribution in [1.29, 1.82) is 0 Å². The number of benzene rings is 2. The van der Waals surface area contributed by atoms with Crippen LogP contribution < -0.4 is 16.2 Å². The van der Waals surface area contributed by atoms with Crippen molar-refractivity contribution in [3.63, 3.8) is 0 Å². The first kappa shape index (κ1) is 12.7. The van der Waals surface area contributed by atoms with Crippen molar-refractivity contribution in [3.05, 3.63) is 65.1 Å². The van der Waals surface area contributed by atoms with Crippen LogP contribution >= 0.6 is 0 Å². The average Bonchev–Trinajstić information content (AvgIpc) is 2.61. The van der Waals surface area contributed by atoms with Crippen LogP contribution in [0.15, 0.2) is 49.1 Å². The second-order valence-corrected chi connectivity index (χ2v) is 5.28. The summed E-state index contributed by atoms with van der Waals surface area (Å²) >= 11 is 0. The van der Waals surface area contributed by atoms with Crippen LogP contribution in [-0.2, 0) is 0 Å². The Balaban J connectivity index is 2.56. The Morgan fingerprint density at radius 1 is 1.25 bits per heavy atom.